The Morgan fingerprint density at radius 2 is 2.47 bits per heavy atom. The smallest absolute Gasteiger partial charge is 0.235 e. The molecule has 2 aromatic rings. The molecule has 1 aliphatic rings. The van der Waals surface area contributed by atoms with E-state index < -0.39 is 0 Å². The summed E-state index contributed by atoms with van der Waals surface area (Å²) in [5, 5.41) is 3.92. The van der Waals surface area contributed by atoms with Crippen molar-refractivity contribution in [3.05, 3.63) is 29.3 Å². The molecule has 3 rings (SSSR count). The molecule has 3 heterocycles. The molecule has 2 aromatic heterocycles. The fourth-order valence-electron chi connectivity index (χ4n) is 2.13. The second-order valence-corrected chi connectivity index (χ2v) is 4.13. The molecule has 0 saturated carbocycles. The van der Waals surface area contributed by atoms with Crippen LogP contribution in [0.25, 0.3) is 5.78 Å². The minimum atomic E-state index is 0.455. The van der Waals surface area contributed by atoms with Crippen molar-refractivity contribution < 1.29 is 0 Å². The van der Waals surface area contributed by atoms with Crippen molar-refractivity contribution in [2.24, 2.45) is 0 Å². The van der Waals surface area contributed by atoms with Gasteiger partial charge in [-0.15, -0.1) is 0 Å². The van der Waals surface area contributed by atoms with E-state index in [2.05, 4.69) is 15.3 Å². The van der Waals surface area contributed by atoms with E-state index in [0.29, 0.717) is 16.8 Å². The normalized spacial score (nSPS) is 21.3. The van der Waals surface area contributed by atoms with Crippen LogP contribution in [-0.2, 0) is 0 Å². The first-order valence-electron chi connectivity index (χ1n) is 5.05. The highest BCUT2D eigenvalue weighted by Gasteiger charge is 2.23. The summed E-state index contributed by atoms with van der Waals surface area (Å²) < 4.78 is 1.99. The summed E-state index contributed by atoms with van der Waals surface area (Å²) in [4.78, 5) is 8.43. The third-order valence-electron chi connectivity index (χ3n) is 2.84. The minimum Gasteiger partial charge on any atom is -0.316 e. The second kappa shape index (κ2) is 3.47. The van der Waals surface area contributed by atoms with E-state index in [1.54, 1.807) is 6.20 Å². The predicted molar refractivity (Wildman–Crippen MR) is 58.2 cm³/mol. The van der Waals surface area contributed by atoms with Gasteiger partial charge in [-0.25, -0.2) is 4.98 Å². The molecule has 1 saturated heterocycles. The molecule has 0 bridgehead atoms. The van der Waals surface area contributed by atoms with E-state index in [9.17, 15) is 0 Å². The molecule has 0 aliphatic carbocycles. The van der Waals surface area contributed by atoms with Gasteiger partial charge in [-0.1, -0.05) is 11.6 Å². The third-order valence-corrected chi connectivity index (χ3v) is 3.12. The summed E-state index contributed by atoms with van der Waals surface area (Å²) in [5.41, 5.74) is 1.09. The lowest BCUT2D eigenvalue weighted by molar-refractivity contribution is 0.725. The number of fused-ring (bicyclic) bond motifs is 1. The molecule has 78 valence electrons. The highest BCUT2D eigenvalue weighted by Crippen LogP contribution is 2.28. The van der Waals surface area contributed by atoms with Gasteiger partial charge in [0.25, 0.3) is 0 Å². The fraction of sp³-hybridized carbons (Fsp3) is 0.400. The van der Waals surface area contributed by atoms with E-state index in [1.165, 1.54) is 0 Å². The van der Waals surface area contributed by atoms with Crippen molar-refractivity contribution in [1.29, 1.82) is 0 Å². The van der Waals surface area contributed by atoms with Crippen molar-refractivity contribution in [1.82, 2.24) is 19.7 Å². The molecular formula is C10H11ClN4. The predicted octanol–water partition coefficient (Wildman–Crippen LogP) is 1.46. The van der Waals surface area contributed by atoms with Gasteiger partial charge in [-0.3, -0.25) is 4.40 Å². The van der Waals surface area contributed by atoms with Gasteiger partial charge in [0.2, 0.25) is 5.78 Å². The summed E-state index contributed by atoms with van der Waals surface area (Å²) >= 11 is 6.15. The first-order valence-corrected chi connectivity index (χ1v) is 5.43. The van der Waals surface area contributed by atoms with Crippen LogP contribution in [0.3, 0.4) is 0 Å². The van der Waals surface area contributed by atoms with Gasteiger partial charge >= 0.3 is 0 Å². The standard InChI is InChI=1S/C10H11ClN4/c11-9-8(7-2-4-12-6-7)15-5-1-3-13-10(15)14-9/h1,3,5,7,12H,2,4,6H2. The Morgan fingerprint density at radius 1 is 1.53 bits per heavy atom. The van der Waals surface area contributed by atoms with Gasteiger partial charge in [-0.2, -0.15) is 4.98 Å². The first kappa shape index (κ1) is 9.12. The Labute approximate surface area is 92.3 Å². The lowest BCUT2D eigenvalue weighted by Crippen LogP contribution is -2.09. The summed E-state index contributed by atoms with van der Waals surface area (Å²) in [6.45, 7) is 2.02. The summed E-state index contributed by atoms with van der Waals surface area (Å²) in [7, 11) is 0. The van der Waals surface area contributed by atoms with Crippen LogP contribution in [0.2, 0.25) is 5.15 Å². The van der Waals surface area contributed by atoms with Crippen molar-refractivity contribution in [2.45, 2.75) is 12.3 Å². The number of nitrogens with zero attached hydrogens (tertiary/aromatic N) is 3. The maximum absolute atomic E-state index is 6.15. The highest BCUT2D eigenvalue weighted by molar-refractivity contribution is 6.30. The van der Waals surface area contributed by atoms with Crippen LogP contribution in [0.5, 0.6) is 0 Å². The molecule has 1 aliphatic heterocycles. The summed E-state index contributed by atoms with van der Waals surface area (Å²) in [5.74, 6) is 1.14. The van der Waals surface area contributed by atoms with Gasteiger partial charge in [0.05, 0.1) is 5.69 Å². The summed E-state index contributed by atoms with van der Waals surface area (Å²) in [6.07, 6.45) is 4.81. The summed E-state index contributed by atoms with van der Waals surface area (Å²) in [6, 6.07) is 1.90. The van der Waals surface area contributed by atoms with Crippen molar-refractivity contribution in [2.75, 3.05) is 13.1 Å². The Morgan fingerprint density at radius 3 is 3.27 bits per heavy atom. The van der Waals surface area contributed by atoms with Gasteiger partial charge in [0.15, 0.2) is 5.15 Å². The lowest BCUT2D eigenvalue weighted by Gasteiger charge is -2.07. The Hall–Kier alpha value is -1.13. The van der Waals surface area contributed by atoms with E-state index in [0.717, 1.165) is 25.2 Å². The van der Waals surface area contributed by atoms with Crippen molar-refractivity contribution >= 4 is 17.4 Å². The zero-order valence-electron chi connectivity index (χ0n) is 8.15. The molecule has 0 aromatic carbocycles. The number of hydrogen-bond donors (Lipinski definition) is 1. The number of aromatic nitrogens is 3. The maximum Gasteiger partial charge on any atom is 0.235 e. The Balaban J connectivity index is 2.19. The topological polar surface area (TPSA) is 42.2 Å². The van der Waals surface area contributed by atoms with Crippen LogP contribution in [0.15, 0.2) is 18.5 Å². The van der Waals surface area contributed by atoms with E-state index in [4.69, 9.17) is 11.6 Å². The molecule has 1 N–H and O–H groups in total. The van der Waals surface area contributed by atoms with Crippen LogP contribution in [0, 0.1) is 0 Å². The molecule has 0 radical (unpaired) electrons. The minimum absolute atomic E-state index is 0.455. The molecule has 15 heavy (non-hydrogen) atoms. The Bertz CT molecular complexity index is 487. The molecule has 1 unspecified atom stereocenters. The molecular weight excluding hydrogens is 212 g/mol. The zero-order chi connectivity index (χ0) is 10.3. The molecule has 5 heteroatoms. The van der Waals surface area contributed by atoms with Gasteiger partial charge < -0.3 is 5.32 Å². The Kier molecular flexibility index (Phi) is 2.11. The van der Waals surface area contributed by atoms with Crippen molar-refractivity contribution in [3.63, 3.8) is 0 Å². The van der Waals surface area contributed by atoms with Crippen LogP contribution in [0.1, 0.15) is 18.0 Å². The molecule has 0 amide bonds. The number of nitrogens with one attached hydrogen (secondary N) is 1. The highest BCUT2D eigenvalue weighted by atomic mass is 35.5. The molecule has 4 nitrogen and oxygen atoms in total. The third kappa shape index (κ3) is 1.41. The van der Waals surface area contributed by atoms with Crippen LogP contribution in [0.4, 0.5) is 0 Å². The molecule has 1 atom stereocenters. The SMILES string of the molecule is Clc1nc2ncccn2c1C1CCNC1. The van der Waals surface area contributed by atoms with Crippen molar-refractivity contribution in [3.8, 4) is 0 Å². The largest absolute Gasteiger partial charge is 0.316 e. The fourth-order valence-corrected chi connectivity index (χ4v) is 2.45. The first-order chi connectivity index (χ1) is 7.36. The quantitative estimate of drug-likeness (QED) is 0.795. The second-order valence-electron chi connectivity index (χ2n) is 3.77. The van der Waals surface area contributed by atoms with Crippen LogP contribution >= 0.6 is 11.6 Å². The monoisotopic (exact) mass is 222 g/mol. The van der Waals surface area contributed by atoms with Gasteiger partial charge in [0.1, 0.15) is 0 Å². The average molecular weight is 223 g/mol. The number of rotatable bonds is 1. The van der Waals surface area contributed by atoms with E-state index >= 15 is 0 Å². The van der Waals surface area contributed by atoms with Crippen LogP contribution < -0.4 is 5.32 Å². The molecule has 1 fully saturated rings. The maximum atomic E-state index is 6.15. The van der Waals surface area contributed by atoms with Gasteiger partial charge in [-0.05, 0) is 19.0 Å². The number of imidazole rings is 1. The molecule has 0 spiro atoms. The van der Waals surface area contributed by atoms with E-state index in [-0.39, 0.29) is 0 Å². The zero-order valence-corrected chi connectivity index (χ0v) is 8.91. The number of hydrogen-bond acceptors (Lipinski definition) is 3. The van der Waals surface area contributed by atoms with Crippen LogP contribution in [-0.4, -0.2) is 27.5 Å². The average Bonchev–Trinajstić information content (AvgIpc) is 2.82. The van der Waals surface area contributed by atoms with Gasteiger partial charge in [0, 0.05) is 24.9 Å². The lowest BCUT2D eigenvalue weighted by atomic mass is 10.1. The number of halogens is 1. The van der Waals surface area contributed by atoms with E-state index in [1.807, 2.05) is 16.7 Å².